The van der Waals surface area contributed by atoms with E-state index < -0.39 is 0 Å². The fraction of sp³-hybridized carbons (Fsp3) is 0.150. The second kappa shape index (κ2) is 8.01. The van der Waals surface area contributed by atoms with Crippen LogP contribution in [-0.4, -0.2) is 22.2 Å². The monoisotopic (exact) mass is 365 g/mol. The maximum atomic E-state index is 12.3. The van der Waals surface area contributed by atoms with Crippen molar-refractivity contribution in [2.45, 2.75) is 19.0 Å². The van der Waals surface area contributed by atoms with Gasteiger partial charge in [-0.05, 0) is 44.4 Å². The van der Waals surface area contributed by atoms with Crippen molar-refractivity contribution in [2.75, 3.05) is 11.6 Å². The lowest BCUT2D eigenvalue weighted by molar-refractivity contribution is 0.0735. The number of carbonyl (C=O) groups excluding carboxylic acids is 1. The molecule has 0 amide bonds. The summed E-state index contributed by atoms with van der Waals surface area (Å²) in [5.41, 5.74) is 3.21. The first-order valence-corrected chi connectivity index (χ1v) is 9.31. The molecule has 0 unspecified atom stereocenters. The minimum absolute atomic E-state index is 0.381. The van der Waals surface area contributed by atoms with E-state index in [1.165, 1.54) is 11.8 Å². The van der Waals surface area contributed by atoms with Gasteiger partial charge in [-0.25, -0.2) is 14.8 Å². The van der Waals surface area contributed by atoms with Crippen molar-refractivity contribution in [3.8, 4) is 5.75 Å². The summed E-state index contributed by atoms with van der Waals surface area (Å²) in [4.78, 5) is 21.1. The zero-order chi connectivity index (χ0) is 18.5. The topological polar surface area (TPSA) is 64.1 Å². The number of hydrogen-bond donors (Lipinski definition) is 1. The van der Waals surface area contributed by atoms with Crippen molar-refractivity contribution < 1.29 is 9.53 Å². The number of anilines is 2. The molecule has 1 aromatic heterocycles. The van der Waals surface area contributed by atoms with E-state index in [-0.39, 0.29) is 5.97 Å². The van der Waals surface area contributed by atoms with Crippen molar-refractivity contribution >= 4 is 29.2 Å². The molecule has 0 saturated carbocycles. The second-order valence-electron chi connectivity index (χ2n) is 5.79. The molecule has 0 aliphatic rings. The Kier molecular flexibility index (Phi) is 5.53. The quantitative estimate of drug-likeness (QED) is 0.304. The smallest absolute Gasteiger partial charge is 0.343 e. The first kappa shape index (κ1) is 17.9. The number of nitrogens with zero attached hydrogens (tertiary/aromatic N) is 2. The third-order valence-electron chi connectivity index (χ3n) is 3.59. The second-order valence-corrected chi connectivity index (χ2v) is 6.57. The molecule has 6 heteroatoms. The predicted molar refractivity (Wildman–Crippen MR) is 104 cm³/mol. The molecule has 3 aromatic rings. The lowest BCUT2D eigenvalue weighted by Gasteiger charge is -2.10. The van der Waals surface area contributed by atoms with E-state index >= 15 is 0 Å². The molecule has 3 rings (SSSR count). The highest BCUT2D eigenvalue weighted by Crippen LogP contribution is 2.23. The van der Waals surface area contributed by atoms with Crippen LogP contribution in [0.15, 0.2) is 59.8 Å². The molecule has 5 nitrogen and oxygen atoms in total. The Bertz CT molecular complexity index is 944. The van der Waals surface area contributed by atoms with Crippen molar-refractivity contribution in [1.82, 2.24) is 9.97 Å². The Balaban J connectivity index is 1.76. The van der Waals surface area contributed by atoms with Crippen molar-refractivity contribution in [3.63, 3.8) is 0 Å². The Morgan fingerprint density at radius 2 is 1.85 bits per heavy atom. The zero-order valence-corrected chi connectivity index (χ0v) is 15.6. The molecule has 0 saturated heterocycles. The van der Waals surface area contributed by atoms with Gasteiger partial charge in [-0.2, -0.15) is 0 Å². The van der Waals surface area contributed by atoms with Gasteiger partial charge in [0, 0.05) is 23.5 Å². The molecule has 0 bridgehead atoms. The van der Waals surface area contributed by atoms with Crippen LogP contribution in [0.3, 0.4) is 0 Å². The van der Waals surface area contributed by atoms with Crippen LogP contribution in [0.5, 0.6) is 5.75 Å². The van der Waals surface area contributed by atoms with Gasteiger partial charge < -0.3 is 10.1 Å². The van der Waals surface area contributed by atoms with Gasteiger partial charge >= 0.3 is 5.97 Å². The van der Waals surface area contributed by atoms with E-state index in [9.17, 15) is 4.79 Å². The molecule has 0 radical (unpaired) electrons. The Morgan fingerprint density at radius 1 is 1.04 bits per heavy atom. The summed E-state index contributed by atoms with van der Waals surface area (Å²) in [5, 5.41) is 3.93. The van der Waals surface area contributed by atoms with E-state index in [1.807, 2.05) is 50.4 Å². The number of thioether (sulfide) groups is 1. The van der Waals surface area contributed by atoms with E-state index in [4.69, 9.17) is 4.74 Å². The van der Waals surface area contributed by atoms with Gasteiger partial charge in [0.05, 0.1) is 5.56 Å². The van der Waals surface area contributed by atoms with Gasteiger partial charge in [0.2, 0.25) is 0 Å². The van der Waals surface area contributed by atoms with Crippen molar-refractivity contribution in [1.29, 1.82) is 0 Å². The third kappa shape index (κ3) is 4.61. The molecular formula is C20H19N3O2S. The highest BCUT2D eigenvalue weighted by atomic mass is 32.2. The largest absolute Gasteiger partial charge is 0.423 e. The lowest BCUT2D eigenvalue weighted by Crippen LogP contribution is -2.08. The van der Waals surface area contributed by atoms with Gasteiger partial charge in [-0.3, -0.25) is 0 Å². The van der Waals surface area contributed by atoms with Gasteiger partial charge in [0.25, 0.3) is 0 Å². The maximum Gasteiger partial charge on any atom is 0.343 e. The Hall–Kier alpha value is -2.86. The molecule has 1 N–H and O–H groups in total. The van der Waals surface area contributed by atoms with Gasteiger partial charge in [-0.1, -0.05) is 35.5 Å². The summed E-state index contributed by atoms with van der Waals surface area (Å²) in [5.74, 6) is 0.787. The first-order chi connectivity index (χ1) is 12.5. The van der Waals surface area contributed by atoms with E-state index in [0.29, 0.717) is 22.3 Å². The number of esters is 1. The van der Waals surface area contributed by atoms with Crippen LogP contribution >= 0.6 is 11.8 Å². The summed E-state index contributed by atoms with van der Waals surface area (Å²) >= 11 is 1.49. The molecule has 0 atom stereocenters. The van der Waals surface area contributed by atoms with Crippen LogP contribution in [0.1, 0.15) is 21.6 Å². The van der Waals surface area contributed by atoms with Crippen LogP contribution < -0.4 is 10.1 Å². The normalized spacial score (nSPS) is 10.4. The molecule has 26 heavy (non-hydrogen) atoms. The highest BCUT2D eigenvalue weighted by Gasteiger charge is 2.09. The molecule has 0 spiro atoms. The molecule has 1 heterocycles. The number of hydrogen-bond acceptors (Lipinski definition) is 6. The van der Waals surface area contributed by atoms with Gasteiger partial charge in [0.15, 0.2) is 5.16 Å². The minimum atomic E-state index is -0.381. The maximum absolute atomic E-state index is 12.3. The van der Waals surface area contributed by atoms with Crippen LogP contribution in [0, 0.1) is 13.8 Å². The Labute approximate surface area is 156 Å². The number of aromatic nitrogens is 2. The fourth-order valence-corrected chi connectivity index (χ4v) is 2.84. The summed E-state index contributed by atoms with van der Waals surface area (Å²) in [7, 11) is 0. The molecular weight excluding hydrogens is 346 g/mol. The minimum Gasteiger partial charge on any atom is -0.423 e. The van der Waals surface area contributed by atoms with E-state index in [0.717, 1.165) is 16.9 Å². The van der Waals surface area contributed by atoms with Crippen LogP contribution in [0.4, 0.5) is 11.5 Å². The number of aryl methyl sites for hydroxylation is 2. The average molecular weight is 365 g/mol. The number of benzene rings is 2. The molecule has 132 valence electrons. The number of rotatable bonds is 5. The summed E-state index contributed by atoms with van der Waals surface area (Å²) in [6.45, 7) is 3.86. The standard InChI is InChI=1S/C20H19N3O2S/c1-13-6-4-7-15(10-13)19(24)25-17-9-5-8-16(12-17)22-18-11-14(2)21-20(23-18)26-3/h4-12H,1-3H3,(H,21,22,23). The summed E-state index contributed by atoms with van der Waals surface area (Å²) < 4.78 is 5.49. The average Bonchev–Trinajstić information content (AvgIpc) is 2.61. The van der Waals surface area contributed by atoms with Crippen molar-refractivity contribution in [2.24, 2.45) is 0 Å². The van der Waals surface area contributed by atoms with Crippen LogP contribution in [0.25, 0.3) is 0 Å². The Morgan fingerprint density at radius 3 is 2.62 bits per heavy atom. The van der Waals surface area contributed by atoms with Gasteiger partial charge in [0.1, 0.15) is 11.6 Å². The third-order valence-corrected chi connectivity index (χ3v) is 4.13. The fourth-order valence-electron chi connectivity index (χ4n) is 2.42. The SMILES string of the molecule is CSc1nc(C)cc(Nc2cccc(OC(=O)c3cccc(C)c3)c2)n1. The number of carbonyl (C=O) groups is 1. The van der Waals surface area contributed by atoms with Crippen molar-refractivity contribution in [3.05, 3.63) is 71.4 Å². The predicted octanol–water partition coefficient (Wildman–Crippen LogP) is 4.78. The zero-order valence-electron chi connectivity index (χ0n) is 14.8. The summed E-state index contributed by atoms with van der Waals surface area (Å²) in [6.07, 6.45) is 1.93. The molecule has 0 fully saturated rings. The van der Waals surface area contributed by atoms with E-state index in [2.05, 4.69) is 15.3 Å². The van der Waals surface area contributed by atoms with Crippen LogP contribution in [0.2, 0.25) is 0 Å². The molecule has 2 aromatic carbocycles. The number of nitrogens with one attached hydrogen (secondary N) is 1. The summed E-state index contributed by atoms with van der Waals surface area (Å²) in [6, 6.07) is 16.4. The van der Waals surface area contributed by atoms with Gasteiger partial charge in [-0.15, -0.1) is 0 Å². The van der Waals surface area contributed by atoms with E-state index in [1.54, 1.807) is 24.3 Å². The molecule has 0 aliphatic carbocycles. The number of ether oxygens (including phenoxy) is 1. The molecule has 0 aliphatic heterocycles. The highest BCUT2D eigenvalue weighted by molar-refractivity contribution is 7.98. The lowest BCUT2D eigenvalue weighted by atomic mass is 10.1. The van der Waals surface area contributed by atoms with Crippen LogP contribution in [-0.2, 0) is 0 Å². The first-order valence-electron chi connectivity index (χ1n) is 8.09.